The number of hydrogen-bond donors (Lipinski definition) is 2. The maximum atomic E-state index is 5.41. The molecule has 3 rings (SSSR count). The molecule has 2 atom stereocenters. The van der Waals surface area contributed by atoms with E-state index in [0.29, 0.717) is 12.0 Å². The van der Waals surface area contributed by atoms with E-state index in [1.54, 1.807) is 0 Å². The molecule has 0 radical (unpaired) electrons. The topological polar surface area (TPSA) is 48.9 Å². The van der Waals surface area contributed by atoms with Gasteiger partial charge in [-0.25, -0.2) is 0 Å². The van der Waals surface area contributed by atoms with Gasteiger partial charge in [-0.05, 0) is 32.6 Å². The fraction of sp³-hybridized carbons (Fsp3) is 0.933. The summed E-state index contributed by atoms with van der Waals surface area (Å²) in [6.07, 6.45) is 5.21. The number of nitrogens with one attached hydrogen (secondary N) is 2. The highest BCUT2D eigenvalue weighted by Gasteiger charge is 2.34. The Kier molecular flexibility index (Phi) is 7.01. The SMILES string of the molecule is CCNC(=NCC1CCOC1)NC1CCN(C2CC2)C1.I. The van der Waals surface area contributed by atoms with Crippen molar-refractivity contribution in [3.8, 4) is 0 Å². The summed E-state index contributed by atoms with van der Waals surface area (Å²) in [5.41, 5.74) is 0. The van der Waals surface area contributed by atoms with Crippen molar-refractivity contribution in [1.29, 1.82) is 0 Å². The third kappa shape index (κ3) is 5.25. The van der Waals surface area contributed by atoms with Crippen LogP contribution in [0.4, 0.5) is 0 Å². The minimum absolute atomic E-state index is 0. The third-order valence-corrected chi connectivity index (χ3v) is 4.50. The average Bonchev–Trinajstić information content (AvgIpc) is 2.99. The Morgan fingerprint density at radius 3 is 2.81 bits per heavy atom. The fourth-order valence-electron chi connectivity index (χ4n) is 3.14. The molecular formula is C15H29IN4O. The number of likely N-dealkylation sites (tertiary alicyclic amines) is 1. The number of ether oxygens (including phenoxy) is 1. The quantitative estimate of drug-likeness (QED) is 0.411. The summed E-state index contributed by atoms with van der Waals surface area (Å²) in [6.45, 7) is 8.15. The van der Waals surface area contributed by atoms with Gasteiger partial charge in [-0.15, -0.1) is 24.0 Å². The van der Waals surface area contributed by atoms with Crippen molar-refractivity contribution in [3.63, 3.8) is 0 Å². The lowest BCUT2D eigenvalue weighted by Gasteiger charge is -2.19. The molecule has 0 aromatic heterocycles. The molecule has 0 spiro atoms. The van der Waals surface area contributed by atoms with Crippen LogP contribution in [-0.4, -0.2) is 62.3 Å². The van der Waals surface area contributed by atoms with Gasteiger partial charge in [0.05, 0.1) is 6.61 Å². The summed E-state index contributed by atoms with van der Waals surface area (Å²) in [5.74, 6) is 1.60. The summed E-state index contributed by atoms with van der Waals surface area (Å²) < 4.78 is 5.41. The Labute approximate surface area is 145 Å². The lowest BCUT2D eigenvalue weighted by Crippen LogP contribution is -2.45. The van der Waals surface area contributed by atoms with Crippen molar-refractivity contribution < 1.29 is 4.74 Å². The van der Waals surface area contributed by atoms with E-state index in [9.17, 15) is 0 Å². The zero-order chi connectivity index (χ0) is 13.8. The van der Waals surface area contributed by atoms with E-state index in [2.05, 4.69) is 22.5 Å². The van der Waals surface area contributed by atoms with Crippen molar-refractivity contribution in [2.24, 2.45) is 10.9 Å². The first kappa shape index (κ1) is 17.3. The highest BCUT2D eigenvalue weighted by molar-refractivity contribution is 14.0. The molecule has 2 saturated heterocycles. The predicted molar refractivity (Wildman–Crippen MR) is 96.5 cm³/mol. The van der Waals surface area contributed by atoms with Gasteiger partial charge in [0.2, 0.25) is 0 Å². The van der Waals surface area contributed by atoms with Gasteiger partial charge in [-0.2, -0.15) is 0 Å². The number of aliphatic imine (C=N–C) groups is 1. The Bertz CT molecular complexity index is 343. The number of rotatable bonds is 5. The highest BCUT2D eigenvalue weighted by Crippen LogP contribution is 2.29. The molecule has 1 aliphatic carbocycles. The van der Waals surface area contributed by atoms with Crippen LogP contribution < -0.4 is 10.6 Å². The normalized spacial score (nSPS) is 30.2. The van der Waals surface area contributed by atoms with Crippen molar-refractivity contribution >= 4 is 29.9 Å². The fourth-order valence-corrected chi connectivity index (χ4v) is 3.14. The van der Waals surface area contributed by atoms with Crippen LogP contribution in [0, 0.1) is 5.92 Å². The van der Waals surface area contributed by atoms with Crippen LogP contribution in [0.2, 0.25) is 0 Å². The molecular weight excluding hydrogens is 379 g/mol. The van der Waals surface area contributed by atoms with E-state index in [-0.39, 0.29) is 24.0 Å². The highest BCUT2D eigenvalue weighted by atomic mass is 127. The van der Waals surface area contributed by atoms with Crippen LogP contribution in [0.1, 0.15) is 32.6 Å². The van der Waals surface area contributed by atoms with Gasteiger partial charge in [0.25, 0.3) is 0 Å². The Hall–Kier alpha value is -0.0800. The van der Waals surface area contributed by atoms with Gasteiger partial charge < -0.3 is 15.4 Å². The number of guanidine groups is 1. The molecule has 0 bridgehead atoms. The molecule has 2 N–H and O–H groups in total. The van der Waals surface area contributed by atoms with Crippen LogP contribution in [0.25, 0.3) is 0 Å². The minimum atomic E-state index is 0. The second kappa shape index (κ2) is 8.53. The summed E-state index contributed by atoms with van der Waals surface area (Å²) >= 11 is 0. The van der Waals surface area contributed by atoms with Gasteiger partial charge in [-0.1, -0.05) is 0 Å². The maximum absolute atomic E-state index is 5.41. The summed E-state index contributed by atoms with van der Waals surface area (Å²) in [7, 11) is 0. The largest absolute Gasteiger partial charge is 0.381 e. The Morgan fingerprint density at radius 1 is 1.29 bits per heavy atom. The molecule has 122 valence electrons. The molecule has 6 heteroatoms. The summed E-state index contributed by atoms with van der Waals surface area (Å²) in [4.78, 5) is 7.37. The second-order valence-corrected chi connectivity index (χ2v) is 6.31. The Morgan fingerprint density at radius 2 is 2.14 bits per heavy atom. The molecule has 5 nitrogen and oxygen atoms in total. The lowest BCUT2D eigenvalue weighted by molar-refractivity contribution is 0.187. The first-order valence-corrected chi connectivity index (χ1v) is 8.21. The average molecular weight is 408 g/mol. The van der Waals surface area contributed by atoms with Gasteiger partial charge in [-0.3, -0.25) is 9.89 Å². The molecule has 2 heterocycles. The molecule has 1 saturated carbocycles. The van der Waals surface area contributed by atoms with Crippen LogP contribution in [-0.2, 0) is 4.74 Å². The molecule has 0 amide bonds. The molecule has 3 aliphatic rings. The van der Waals surface area contributed by atoms with Crippen LogP contribution in [0.3, 0.4) is 0 Å². The van der Waals surface area contributed by atoms with E-state index >= 15 is 0 Å². The van der Waals surface area contributed by atoms with Crippen LogP contribution in [0.15, 0.2) is 4.99 Å². The second-order valence-electron chi connectivity index (χ2n) is 6.31. The smallest absolute Gasteiger partial charge is 0.191 e. The van der Waals surface area contributed by atoms with Gasteiger partial charge in [0, 0.05) is 50.8 Å². The molecule has 0 aromatic carbocycles. The van der Waals surface area contributed by atoms with Gasteiger partial charge >= 0.3 is 0 Å². The van der Waals surface area contributed by atoms with Crippen LogP contribution in [0.5, 0.6) is 0 Å². The van der Waals surface area contributed by atoms with E-state index < -0.39 is 0 Å². The van der Waals surface area contributed by atoms with E-state index in [0.717, 1.165) is 44.7 Å². The number of hydrogen-bond acceptors (Lipinski definition) is 3. The number of nitrogens with zero attached hydrogens (tertiary/aromatic N) is 2. The molecule has 2 unspecified atom stereocenters. The zero-order valence-corrected chi connectivity index (χ0v) is 15.3. The van der Waals surface area contributed by atoms with Crippen molar-refractivity contribution in [2.75, 3.05) is 39.4 Å². The van der Waals surface area contributed by atoms with E-state index in [1.807, 2.05) is 0 Å². The first-order valence-electron chi connectivity index (χ1n) is 8.21. The van der Waals surface area contributed by atoms with E-state index in [4.69, 9.17) is 9.73 Å². The van der Waals surface area contributed by atoms with Crippen molar-refractivity contribution in [2.45, 2.75) is 44.7 Å². The van der Waals surface area contributed by atoms with E-state index in [1.165, 1.54) is 32.4 Å². The molecule has 21 heavy (non-hydrogen) atoms. The number of halogens is 1. The third-order valence-electron chi connectivity index (χ3n) is 4.50. The van der Waals surface area contributed by atoms with Gasteiger partial charge in [0.15, 0.2) is 5.96 Å². The van der Waals surface area contributed by atoms with Crippen molar-refractivity contribution in [1.82, 2.24) is 15.5 Å². The maximum Gasteiger partial charge on any atom is 0.191 e. The van der Waals surface area contributed by atoms with Crippen LogP contribution >= 0.6 is 24.0 Å². The predicted octanol–water partition coefficient (Wildman–Crippen LogP) is 1.43. The zero-order valence-electron chi connectivity index (χ0n) is 13.0. The lowest BCUT2D eigenvalue weighted by atomic mass is 10.1. The molecule has 3 fully saturated rings. The Balaban J connectivity index is 0.00000161. The van der Waals surface area contributed by atoms with Crippen molar-refractivity contribution in [3.05, 3.63) is 0 Å². The summed E-state index contributed by atoms with van der Waals surface area (Å²) in [5, 5.41) is 6.98. The standard InChI is InChI=1S/C15H28N4O.HI/c1-2-16-15(17-9-12-6-8-20-11-12)18-13-5-7-19(10-13)14-3-4-14;/h12-14H,2-11H2,1H3,(H2,16,17,18);1H. The minimum Gasteiger partial charge on any atom is -0.381 e. The van der Waals surface area contributed by atoms with Gasteiger partial charge in [0.1, 0.15) is 0 Å². The molecule has 0 aromatic rings. The molecule has 2 aliphatic heterocycles. The first-order chi connectivity index (χ1) is 9.85. The summed E-state index contributed by atoms with van der Waals surface area (Å²) in [6, 6.07) is 1.45. The monoisotopic (exact) mass is 408 g/mol.